The van der Waals surface area contributed by atoms with Crippen LogP contribution in [0.2, 0.25) is 10.3 Å². The van der Waals surface area contributed by atoms with Gasteiger partial charge in [-0.25, -0.2) is 60.0 Å². The van der Waals surface area contributed by atoms with E-state index in [0.717, 1.165) is 33.7 Å². The van der Waals surface area contributed by atoms with E-state index < -0.39 is 30.1 Å². The van der Waals surface area contributed by atoms with Gasteiger partial charge in [0.15, 0.2) is 23.0 Å². The molecule has 0 atom stereocenters. The molecule has 0 spiro atoms. The van der Waals surface area contributed by atoms with Gasteiger partial charge in [-0.1, -0.05) is 144 Å². The zero-order chi connectivity index (χ0) is 93.4. The van der Waals surface area contributed by atoms with Gasteiger partial charge in [-0.2, -0.15) is 0 Å². The van der Waals surface area contributed by atoms with Gasteiger partial charge in [0, 0.05) is 53.9 Å². The average molecular weight is 1890 g/mol. The maximum Gasteiger partial charge on any atom is 1.00 e. The van der Waals surface area contributed by atoms with Crippen molar-refractivity contribution in [3.8, 4) is 58.0 Å². The number of nitrogens with zero attached hydrogens (tertiary/aromatic N) is 9. The number of rotatable bonds is 11. The molecule has 10 heterocycles. The number of phenolic OH excluding ortho intramolecular Hbond substituents is 2. The Hall–Kier alpha value is -15.4. The molecule has 6 aromatic heterocycles. The number of carbonyl (C=O) groups excluding carboxylic acids is 6. The van der Waals surface area contributed by atoms with E-state index in [1.807, 2.05) is 127 Å². The summed E-state index contributed by atoms with van der Waals surface area (Å²) in [7, 11) is -1.51. The number of hydrogen-bond donors (Lipinski definition) is 9. The van der Waals surface area contributed by atoms with Crippen molar-refractivity contribution < 1.29 is 118 Å². The van der Waals surface area contributed by atoms with Crippen LogP contribution in [-0.4, -0.2) is 133 Å². The molecule has 31 nitrogen and oxygen atoms in total. The number of nitrogens with two attached hydrogens (primary N) is 1. The van der Waals surface area contributed by atoms with Gasteiger partial charge in [0.25, 0.3) is 23.0 Å². The molecule has 0 radical (unpaired) electrons. The number of nitrogens with one attached hydrogen (secondary N) is 3. The quantitative estimate of drug-likeness (QED) is 0.00848. The number of pyridine rings is 6. The van der Waals surface area contributed by atoms with Crippen molar-refractivity contribution in [2.24, 2.45) is 15.0 Å². The fourth-order valence-electron chi connectivity index (χ4n) is 11.9. The zero-order valence-electron chi connectivity index (χ0n) is 70.9. The molecule has 3 amide bonds. The number of esters is 2. The molecule has 4 aliphatic rings. The van der Waals surface area contributed by atoms with Crippen LogP contribution >= 0.6 is 46.4 Å². The summed E-state index contributed by atoms with van der Waals surface area (Å²) in [6.07, 6.45) is 9.61. The molecule has 11 N–H and O–H groups in total. The minimum absolute atomic E-state index is 0. The number of ether oxygens (including phenoxy) is 6. The number of para-hydroxylation sites is 12. The number of aromatic hydroxyl groups is 2. The number of benzene rings is 9. The number of hydrogen-bond acceptors (Lipinski definition) is 28. The van der Waals surface area contributed by atoms with Gasteiger partial charge in [0.1, 0.15) is 49.6 Å². The van der Waals surface area contributed by atoms with Crippen LogP contribution in [0.3, 0.4) is 0 Å². The Morgan fingerprint density at radius 1 is 0.425 bits per heavy atom. The number of halogens is 4. The van der Waals surface area contributed by atoms with Crippen LogP contribution in [0.15, 0.2) is 343 Å². The van der Waals surface area contributed by atoms with E-state index in [0.29, 0.717) is 132 Å². The van der Waals surface area contributed by atoms with Gasteiger partial charge < -0.3 is 70.5 Å². The normalized spacial score (nSPS) is 11.2. The van der Waals surface area contributed by atoms with Gasteiger partial charge in [-0.05, 0) is 213 Å². The van der Waals surface area contributed by atoms with Gasteiger partial charge in [0.2, 0.25) is 23.5 Å². The van der Waals surface area contributed by atoms with E-state index in [1.54, 1.807) is 172 Å². The molecule has 9 aromatic carbocycles. The van der Waals surface area contributed by atoms with E-state index in [4.69, 9.17) is 111 Å². The number of hydroxylamine groups is 1. The van der Waals surface area contributed by atoms with Crippen LogP contribution in [0.1, 0.15) is 104 Å². The molecule has 134 heavy (non-hydrogen) atoms. The van der Waals surface area contributed by atoms with Crippen LogP contribution < -0.4 is 75.8 Å². The van der Waals surface area contributed by atoms with Crippen LogP contribution in [0.5, 0.6) is 58.0 Å². The summed E-state index contributed by atoms with van der Waals surface area (Å²) in [5.41, 5.74) is 18.4. The van der Waals surface area contributed by atoms with E-state index in [1.165, 1.54) is 48.8 Å². The number of aromatic nitrogens is 6. The Balaban J connectivity index is 0.000000162. The summed E-state index contributed by atoms with van der Waals surface area (Å²) in [4.78, 5) is 107. The predicted molar refractivity (Wildman–Crippen MR) is 503 cm³/mol. The topological polar surface area (TPSA) is 465 Å². The summed E-state index contributed by atoms with van der Waals surface area (Å²) in [5, 5.41) is 50.0. The Kier molecular flexibility index (Phi) is 37.7. The third-order valence-electron chi connectivity index (χ3n) is 18.3. The molecule has 0 unspecified atom stereocenters. The monoisotopic (exact) mass is 1880 g/mol. The largest absolute Gasteiger partial charge is 1.00 e. The van der Waals surface area contributed by atoms with Crippen molar-refractivity contribution in [1.29, 1.82) is 0 Å². The molecule has 0 saturated carbocycles. The third kappa shape index (κ3) is 27.4. The van der Waals surface area contributed by atoms with Crippen molar-refractivity contribution in [3.05, 3.63) is 400 Å². The molecule has 4 aliphatic heterocycles. The third-order valence-corrected chi connectivity index (χ3v) is 19.4. The average Bonchev–Trinajstić information content (AvgIpc) is 1.64. The number of aliphatic imine (C=N–C) groups is 3. The van der Waals surface area contributed by atoms with Crippen molar-refractivity contribution in [3.63, 3.8) is 0 Å². The van der Waals surface area contributed by atoms with E-state index in [9.17, 15) is 33.9 Å². The molecular formula is C97H75BCl4N13NaO18. The summed E-state index contributed by atoms with van der Waals surface area (Å²) in [5.74, 6) is 2.59. The predicted octanol–water partition coefficient (Wildman–Crippen LogP) is 16.1. The van der Waals surface area contributed by atoms with Gasteiger partial charge in [-0.15, -0.1) is 0 Å². The molecule has 668 valence electrons. The minimum atomic E-state index is -1.51. The second-order valence-electron chi connectivity index (χ2n) is 27.0. The molecule has 0 fully saturated rings. The fraction of sp³-hybridized carbons (Fsp3) is 0.0412. The first-order chi connectivity index (χ1) is 64.1. The summed E-state index contributed by atoms with van der Waals surface area (Å²) < 4.78 is 32.9. The standard InChI is InChI=1S/C21H16N2O3.C19H13N3O3.C12H9ClN2O2.C12H7ClN2O.C12H8N2O2.C9H11BO4.C6H3Cl2NO.C6H7NO.Na.H2O/c1-2-25-21(24)15-11-9-14(10-12-15)19-16-6-5-13-22-20(16)26-18-8-4-3-7-17(18)23-19;23-18(22-24)13-9-7-12(8-10-13)17-14-4-3-11-20-19(14)25-16-6-2-1-5-15(16)21-17;13-11-8(4-3-7-14-11)12(17)15-9-5-1-2-6-10(9)16;13-11-8-4-3-7-14-12(8)16-10-6-2-1-5-9(10)15-11;15-11-8-4-3-7-13-12(8)16-10-6-2-1-5-9(10)14-11;1-2-14-9(11)7-3-5-8(6-4-7)10(12)13;7-5-4(6(8)10)2-1-3-9-5;7-5-3-1-2-4-6(5)8;;/h3-13H,2H2,1H3;1-11,24H,(H,22,23);1-7,16H,(H,15,17);1-7H;1-7H,(H,14,15);3-6,12-13H,2H2,1H3;1-3H;1-4,8H,7H2;;1H2/q;;;;;;;;+1;/p-1. The van der Waals surface area contributed by atoms with Gasteiger partial charge in [-0.3, -0.25) is 24.4 Å². The van der Waals surface area contributed by atoms with Crippen LogP contribution in [0, 0.1) is 0 Å². The molecule has 0 bridgehead atoms. The Morgan fingerprint density at radius 2 is 0.806 bits per heavy atom. The van der Waals surface area contributed by atoms with Crippen molar-refractivity contribution in [2.75, 3.05) is 29.6 Å². The molecule has 0 aliphatic carbocycles. The molecule has 15 aromatic rings. The number of phenols is 2. The smallest absolute Gasteiger partial charge is 0.870 e. The minimum Gasteiger partial charge on any atom is -0.870 e. The van der Waals surface area contributed by atoms with Gasteiger partial charge >= 0.3 is 48.6 Å². The maximum atomic E-state index is 11.9. The molecule has 37 heteroatoms. The number of fused-ring (bicyclic) bond motifs is 8. The van der Waals surface area contributed by atoms with Crippen LogP contribution in [0.25, 0.3) is 0 Å². The van der Waals surface area contributed by atoms with Crippen molar-refractivity contribution in [2.45, 2.75) is 13.8 Å². The number of anilines is 3. The Labute approximate surface area is 808 Å². The number of amides is 3. The Morgan fingerprint density at radius 3 is 1.25 bits per heavy atom. The molecular weight excluding hydrogens is 1810 g/mol. The molecule has 0 saturated heterocycles. The SMILES string of the molecule is CCOC(=O)c1ccc(B(O)O)cc1.CCOC(=O)c1ccc(C2=Nc3ccccc3Oc3ncccc32)cc1.ClC1=Nc2ccccc2Oc2ncccc21.Nc1ccccc1O.O=C(Cl)c1cccnc1Cl.O=C(NO)c1ccc(C2=Nc3ccccc3Oc3ncccc32)cc1.O=C(Nc1ccccc1O)c1cccnc1Cl.O=C1Nc2ccccc2Oc2ncccc21.[Na+].[OH-]. The van der Waals surface area contributed by atoms with E-state index in [-0.39, 0.29) is 79.8 Å². The first kappa shape index (κ1) is 101. The van der Waals surface area contributed by atoms with Crippen LogP contribution in [0.4, 0.5) is 34.1 Å². The van der Waals surface area contributed by atoms with E-state index in [2.05, 4.69) is 45.5 Å². The van der Waals surface area contributed by atoms with Crippen molar-refractivity contribution in [1.82, 2.24) is 35.4 Å². The fourth-order valence-corrected chi connectivity index (χ4v) is 12.7. The summed E-state index contributed by atoms with van der Waals surface area (Å²) in [6, 6.07) is 83.7. The second-order valence-corrected chi connectivity index (χ2v) is 28.4. The summed E-state index contributed by atoms with van der Waals surface area (Å²) in [6.45, 7) is 4.18. The maximum absolute atomic E-state index is 11.9. The van der Waals surface area contributed by atoms with Crippen LogP contribution in [-0.2, 0) is 9.47 Å². The number of nitrogen functional groups attached to an aromatic ring is 1. The Bertz CT molecular complexity index is 6730. The first-order valence-corrected chi connectivity index (χ1v) is 41.2. The molecule has 19 rings (SSSR count). The zero-order valence-corrected chi connectivity index (χ0v) is 75.9. The summed E-state index contributed by atoms with van der Waals surface area (Å²) >= 11 is 22.5. The number of carbonyl (C=O) groups is 6. The second kappa shape index (κ2) is 50.1. The van der Waals surface area contributed by atoms with E-state index >= 15 is 0 Å². The van der Waals surface area contributed by atoms with Gasteiger partial charge in [0.05, 0.1) is 80.6 Å². The van der Waals surface area contributed by atoms with Crippen molar-refractivity contribution >= 4 is 145 Å². The first-order valence-electron chi connectivity index (χ1n) is 39.7.